The SMILES string of the molecule is CCCCOCCOCCN=C(NCC)N1CCN(Cc2cc(C)on2)CC1.I. The number of aromatic nitrogens is 1. The Hall–Kier alpha value is -0.910. The summed E-state index contributed by atoms with van der Waals surface area (Å²) in [5, 5.41) is 7.49. The summed E-state index contributed by atoms with van der Waals surface area (Å²) < 4.78 is 16.3. The second-order valence-corrected chi connectivity index (χ2v) is 7.01. The van der Waals surface area contributed by atoms with E-state index >= 15 is 0 Å². The molecule has 1 fully saturated rings. The zero-order chi connectivity index (χ0) is 20.0. The lowest BCUT2D eigenvalue weighted by Crippen LogP contribution is -2.52. The summed E-state index contributed by atoms with van der Waals surface area (Å²) >= 11 is 0. The fraction of sp³-hybridized carbons (Fsp3) is 0.800. The Labute approximate surface area is 192 Å². The molecule has 1 aliphatic rings. The summed E-state index contributed by atoms with van der Waals surface area (Å²) in [6, 6.07) is 2.01. The van der Waals surface area contributed by atoms with Gasteiger partial charge in [-0.3, -0.25) is 9.89 Å². The van der Waals surface area contributed by atoms with E-state index in [4.69, 9.17) is 19.0 Å². The number of ether oxygens (including phenoxy) is 2. The number of unbranched alkanes of at least 4 members (excludes halogenated alkanes) is 1. The summed E-state index contributed by atoms with van der Waals surface area (Å²) in [5.41, 5.74) is 1.00. The highest BCUT2D eigenvalue weighted by atomic mass is 127. The van der Waals surface area contributed by atoms with E-state index in [9.17, 15) is 0 Å². The molecule has 1 saturated heterocycles. The van der Waals surface area contributed by atoms with Gasteiger partial charge >= 0.3 is 0 Å². The van der Waals surface area contributed by atoms with E-state index in [1.54, 1.807) is 0 Å². The molecule has 9 heteroatoms. The van der Waals surface area contributed by atoms with Gasteiger partial charge in [-0.1, -0.05) is 18.5 Å². The lowest BCUT2D eigenvalue weighted by atomic mass is 10.3. The topological polar surface area (TPSA) is 75.4 Å². The Morgan fingerprint density at radius 3 is 2.48 bits per heavy atom. The van der Waals surface area contributed by atoms with Crippen LogP contribution in [0.3, 0.4) is 0 Å². The fourth-order valence-corrected chi connectivity index (χ4v) is 3.05. The van der Waals surface area contributed by atoms with Crippen molar-refractivity contribution in [3.05, 3.63) is 17.5 Å². The highest BCUT2D eigenvalue weighted by Gasteiger charge is 2.20. The van der Waals surface area contributed by atoms with E-state index < -0.39 is 0 Å². The van der Waals surface area contributed by atoms with E-state index in [-0.39, 0.29) is 24.0 Å². The molecule has 0 unspecified atom stereocenters. The number of halogens is 1. The van der Waals surface area contributed by atoms with Crippen LogP contribution >= 0.6 is 24.0 Å². The van der Waals surface area contributed by atoms with Gasteiger partial charge in [-0.25, -0.2) is 0 Å². The van der Waals surface area contributed by atoms with Crippen LogP contribution < -0.4 is 5.32 Å². The van der Waals surface area contributed by atoms with Crippen molar-refractivity contribution in [1.29, 1.82) is 0 Å². The van der Waals surface area contributed by atoms with Crippen molar-refractivity contribution in [2.24, 2.45) is 4.99 Å². The largest absolute Gasteiger partial charge is 0.379 e. The van der Waals surface area contributed by atoms with Gasteiger partial charge in [-0.2, -0.15) is 0 Å². The zero-order valence-electron chi connectivity index (χ0n) is 18.2. The number of nitrogens with one attached hydrogen (secondary N) is 1. The van der Waals surface area contributed by atoms with Crippen molar-refractivity contribution >= 4 is 29.9 Å². The van der Waals surface area contributed by atoms with Gasteiger partial charge in [-0.15, -0.1) is 24.0 Å². The van der Waals surface area contributed by atoms with Crippen molar-refractivity contribution in [1.82, 2.24) is 20.3 Å². The molecule has 1 aromatic heterocycles. The first-order chi connectivity index (χ1) is 13.7. The molecule has 1 N–H and O–H groups in total. The van der Waals surface area contributed by atoms with Crippen LogP contribution in [0.2, 0.25) is 0 Å². The van der Waals surface area contributed by atoms with E-state index in [1.807, 2.05) is 13.0 Å². The number of aliphatic imine (C=N–C) groups is 1. The number of nitrogens with zero attached hydrogens (tertiary/aromatic N) is 4. The smallest absolute Gasteiger partial charge is 0.194 e. The Kier molecular flexibility index (Phi) is 14.3. The summed E-state index contributed by atoms with van der Waals surface area (Å²) in [6.45, 7) is 15.2. The van der Waals surface area contributed by atoms with Crippen LogP contribution in [0.5, 0.6) is 0 Å². The fourth-order valence-electron chi connectivity index (χ4n) is 3.05. The molecular formula is C20H38IN5O3. The standard InChI is InChI=1S/C20H37N5O3.HI/c1-4-6-12-26-14-15-27-13-7-22-20(21-5-2)25-10-8-24(9-11-25)17-19-16-18(3)28-23-19;/h16H,4-15,17H2,1-3H3,(H,21,22);1H. The van der Waals surface area contributed by atoms with Crippen molar-refractivity contribution in [3.63, 3.8) is 0 Å². The number of rotatable bonds is 12. The molecule has 0 atom stereocenters. The number of hydrogen-bond donors (Lipinski definition) is 1. The van der Waals surface area contributed by atoms with Gasteiger partial charge in [0.1, 0.15) is 5.76 Å². The molecule has 0 radical (unpaired) electrons. The van der Waals surface area contributed by atoms with Gasteiger partial charge in [0.05, 0.1) is 32.1 Å². The molecule has 2 heterocycles. The molecule has 0 saturated carbocycles. The van der Waals surface area contributed by atoms with E-state index in [0.717, 1.165) is 76.1 Å². The minimum atomic E-state index is 0. The van der Waals surface area contributed by atoms with Gasteiger partial charge in [0.2, 0.25) is 0 Å². The second kappa shape index (κ2) is 15.9. The Balaban J connectivity index is 0.00000420. The molecule has 0 aromatic carbocycles. The molecule has 0 amide bonds. The van der Waals surface area contributed by atoms with Crippen LogP contribution in [0.25, 0.3) is 0 Å². The number of hydrogen-bond acceptors (Lipinski definition) is 6. The van der Waals surface area contributed by atoms with E-state index in [1.165, 1.54) is 0 Å². The highest BCUT2D eigenvalue weighted by Crippen LogP contribution is 2.09. The van der Waals surface area contributed by atoms with Gasteiger partial charge in [0.25, 0.3) is 0 Å². The van der Waals surface area contributed by atoms with Crippen molar-refractivity contribution in [3.8, 4) is 0 Å². The Morgan fingerprint density at radius 1 is 1.14 bits per heavy atom. The van der Waals surface area contributed by atoms with Crippen LogP contribution in [0.15, 0.2) is 15.6 Å². The molecule has 0 spiro atoms. The van der Waals surface area contributed by atoms with Crippen molar-refractivity contribution in [2.45, 2.75) is 40.2 Å². The van der Waals surface area contributed by atoms with Crippen LogP contribution in [-0.4, -0.2) is 86.6 Å². The van der Waals surface area contributed by atoms with E-state index in [2.05, 4.69) is 34.1 Å². The molecule has 2 rings (SSSR count). The predicted octanol–water partition coefficient (Wildman–Crippen LogP) is 2.52. The Morgan fingerprint density at radius 2 is 1.86 bits per heavy atom. The summed E-state index contributed by atoms with van der Waals surface area (Å²) in [7, 11) is 0. The minimum absolute atomic E-state index is 0. The Bertz CT molecular complexity index is 562. The number of aryl methyl sites for hydroxylation is 1. The maximum atomic E-state index is 5.61. The van der Waals surface area contributed by atoms with Crippen LogP contribution in [0.1, 0.15) is 38.1 Å². The van der Waals surface area contributed by atoms with Gasteiger partial charge in [0.15, 0.2) is 5.96 Å². The maximum Gasteiger partial charge on any atom is 0.194 e. The van der Waals surface area contributed by atoms with Gasteiger partial charge in [-0.05, 0) is 20.3 Å². The number of guanidine groups is 1. The first-order valence-electron chi connectivity index (χ1n) is 10.6. The molecule has 0 aliphatic carbocycles. The lowest BCUT2D eigenvalue weighted by Gasteiger charge is -2.36. The average molecular weight is 523 g/mol. The molecule has 0 bridgehead atoms. The molecule has 168 valence electrons. The second-order valence-electron chi connectivity index (χ2n) is 7.01. The van der Waals surface area contributed by atoms with Crippen molar-refractivity contribution < 1.29 is 14.0 Å². The van der Waals surface area contributed by atoms with Gasteiger partial charge < -0.3 is 24.2 Å². The summed E-state index contributed by atoms with van der Waals surface area (Å²) in [5.74, 6) is 1.84. The van der Waals surface area contributed by atoms with Crippen LogP contribution in [0.4, 0.5) is 0 Å². The summed E-state index contributed by atoms with van der Waals surface area (Å²) in [4.78, 5) is 9.44. The normalized spacial score (nSPS) is 15.4. The average Bonchev–Trinajstić information content (AvgIpc) is 3.11. The predicted molar refractivity (Wildman–Crippen MR) is 126 cm³/mol. The third-order valence-corrected chi connectivity index (χ3v) is 4.58. The highest BCUT2D eigenvalue weighted by molar-refractivity contribution is 14.0. The van der Waals surface area contributed by atoms with Gasteiger partial charge in [0, 0.05) is 51.9 Å². The number of piperazine rings is 1. The third kappa shape index (κ3) is 10.6. The van der Waals surface area contributed by atoms with Crippen LogP contribution in [0, 0.1) is 6.92 Å². The third-order valence-electron chi connectivity index (χ3n) is 4.58. The maximum absolute atomic E-state index is 5.61. The summed E-state index contributed by atoms with van der Waals surface area (Å²) in [6.07, 6.45) is 2.28. The molecule has 8 nitrogen and oxygen atoms in total. The quantitative estimate of drug-likeness (QED) is 0.195. The van der Waals surface area contributed by atoms with Crippen LogP contribution in [-0.2, 0) is 16.0 Å². The van der Waals surface area contributed by atoms with E-state index in [0.29, 0.717) is 26.4 Å². The molecular weight excluding hydrogens is 485 g/mol. The molecule has 1 aliphatic heterocycles. The molecule has 29 heavy (non-hydrogen) atoms. The molecule has 1 aromatic rings. The zero-order valence-corrected chi connectivity index (χ0v) is 20.5. The van der Waals surface area contributed by atoms with Crippen molar-refractivity contribution in [2.75, 3.05) is 65.7 Å². The lowest BCUT2D eigenvalue weighted by molar-refractivity contribution is 0.0497. The monoisotopic (exact) mass is 523 g/mol. The first-order valence-corrected chi connectivity index (χ1v) is 10.6. The first kappa shape index (κ1) is 26.1. The minimum Gasteiger partial charge on any atom is -0.379 e.